The Balaban J connectivity index is 2.15. The Hall–Kier alpha value is -2.70. The molecule has 7 heteroatoms. The van der Waals surface area contributed by atoms with E-state index in [2.05, 4.69) is 11.9 Å². The fraction of sp³-hybridized carbons (Fsp3) is 0.542. The van der Waals surface area contributed by atoms with Gasteiger partial charge < -0.3 is 16.0 Å². The van der Waals surface area contributed by atoms with E-state index in [1.165, 1.54) is 12.1 Å². The number of halogens is 1. The van der Waals surface area contributed by atoms with Crippen LogP contribution in [0.1, 0.15) is 51.5 Å². The van der Waals surface area contributed by atoms with Gasteiger partial charge in [0.1, 0.15) is 11.9 Å². The minimum atomic E-state index is -0.656. The molecule has 0 unspecified atom stereocenters. The lowest BCUT2D eigenvalue weighted by molar-refractivity contribution is -0.139. The second kappa shape index (κ2) is 11.6. The third kappa shape index (κ3) is 7.19. The average Bonchev–Trinajstić information content (AvgIpc) is 2.88. The lowest BCUT2D eigenvalue weighted by Gasteiger charge is -2.29. The largest absolute Gasteiger partial charge is 0.369 e. The van der Waals surface area contributed by atoms with Gasteiger partial charge in [0.25, 0.3) is 0 Å². The summed E-state index contributed by atoms with van der Waals surface area (Å²) in [5.41, 5.74) is 6.41. The monoisotopic (exact) mass is 431 g/mol. The van der Waals surface area contributed by atoms with Crippen LogP contribution in [0.2, 0.25) is 0 Å². The highest BCUT2D eigenvalue weighted by molar-refractivity contribution is 5.91. The van der Waals surface area contributed by atoms with Crippen molar-refractivity contribution < 1.29 is 18.8 Å². The summed E-state index contributed by atoms with van der Waals surface area (Å²) in [4.78, 5) is 40.0. The standard InChI is InChI=1S/C24H34FN3O3/c1-4-7-19(22(26)29)20(14-16(2)3)23(30)27-21-8-5-6-13-28(24(21)31)15-17-9-11-18(25)12-10-17/h4,9-12,16,19-21H,1,5-8,13-15H2,2-3H3,(H2,26,29)(H,27,30)/t19-,20+,21-/m0/s1. The molecule has 3 N–H and O–H groups in total. The SMILES string of the molecule is C=CC[C@H](C(N)=O)[C@@H](CC(C)C)C(=O)N[C@H]1CCCCN(Cc2ccc(F)cc2)C1=O. The number of amides is 3. The molecule has 0 spiro atoms. The molecule has 0 aliphatic carbocycles. The molecule has 0 radical (unpaired) electrons. The first kappa shape index (κ1) is 24.6. The van der Waals surface area contributed by atoms with Gasteiger partial charge in [-0.05, 0) is 55.7 Å². The summed E-state index contributed by atoms with van der Waals surface area (Å²) in [5.74, 6) is -2.42. The fourth-order valence-corrected chi connectivity index (χ4v) is 4.11. The van der Waals surface area contributed by atoms with Crippen LogP contribution in [-0.2, 0) is 20.9 Å². The predicted octanol–water partition coefficient (Wildman–Crippen LogP) is 3.16. The maximum Gasteiger partial charge on any atom is 0.245 e. The predicted molar refractivity (Wildman–Crippen MR) is 118 cm³/mol. The molecule has 6 nitrogen and oxygen atoms in total. The van der Waals surface area contributed by atoms with E-state index in [4.69, 9.17) is 5.73 Å². The van der Waals surface area contributed by atoms with E-state index in [0.717, 1.165) is 18.4 Å². The van der Waals surface area contributed by atoms with Crippen molar-refractivity contribution in [3.63, 3.8) is 0 Å². The highest BCUT2D eigenvalue weighted by Crippen LogP contribution is 2.25. The lowest BCUT2D eigenvalue weighted by Crippen LogP contribution is -2.50. The first-order chi connectivity index (χ1) is 14.7. The number of hydrogen-bond acceptors (Lipinski definition) is 3. The number of nitrogens with zero attached hydrogens (tertiary/aromatic N) is 1. The molecule has 0 bridgehead atoms. The van der Waals surface area contributed by atoms with E-state index in [0.29, 0.717) is 32.4 Å². The van der Waals surface area contributed by atoms with E-state index in [9.17, 15) is 18.8 Å². The summed E-state index contributed by atoms with van der Waals surface area (Å²) >= 11 is 0. The number of likely N-dealkylation sites (tertiary alicyclic amines) is 1. The van der Waals surface area contributed by atoms with Crippen LogP contribution >= 0.6 is 0 Å². The highest BCUT2D eigenvalue weighted by atomic mass is 19.1. The number of primary amides is 1. The zero-order valence-electron chi connectivity index (χ0n) is 18.5. The van der Waals surface area contributed by atoms with Gasteiger partial charge in [0.05, 0.1) is 11.8 Å². The van der Waals surface area contributed by atoms with Crippen molar-refractivity contribution in [1.82, 2.24) is 10.2 Å². The van der Waals surface area contributed by atoms with E-state index in [1.807, 2.05) is 13.8 Å². The van der Waals surface area contributed by atoms with Crippen molar-refractivity contribution in [3.8, 4) is 0 Å². The van der Waals surface area contributed by atoms with Gasteiger partial charge in [-0.2, -0.15) is 0 Å². The Bertz CT molecular complexity index is 779. The molecule has 1 aliphatic heterocycles. The van der Waals surface area contributed by atoms with Gasteiger partial charge in [-0.25, -0.2) is 4.39 Å². The average molecular weight is 432 g/mol. The molecule has 0 aromatic heterocycles. The van der Waals surface area contributed by atoms with Crippen LogP contribution in [0.4, 0.5) is 4.39 Å². The van der Waals surface area contributed by atoms with Crippen LogP contribution in [0.3, 0.4) is 0 Å². The zero-order chi connectivity index (χ0) is 23.0. The van der Waals surface area contributed by atoms with E-state index in [-0.39, 0.29) is 23.5 Å². The molecule has 3 amide bonds. The molecule has 1 aromatic rings. The normalized spacial score (nSPS) is 18.9. The van der Waals surface area contributed by atoms with Gasteiger partial charge >= 0.3 is 0 Å². The first-order valence-electron chi connectivity index (χ1n) is 11.0. The van der Waals surface area contributed by atoms with Crippen molar-refractivity contribution in [3.05, 3.63) is 48.3 Å². The fourth-order valence-electron chi connectivity index (χ4n) is 4.11. The summed E-state index contributed by atoms with van der Waals surface area (Å²) < 4.78 is 13.2. The number of allylic oxidation sites excluding steroid dienone is 1. The number of benzene rings is 1. The van der Waals surface area contributed by atoms with E-state index >= 15 is 0 Å². The molecule has 2 rings (SSSR count). The van der Waals surface area contributed by atoms with Crippen molar-refractivity contribution in [2.45, 2.75) is 58.5 Å². The Morgan fingerprint density at radius 3 is 2.52 bits per heavy atom. The molecular weight excluding hydrogens is 397 g/mol. The van der Waals surface area contributed by atoms with Crippen LogP contribution in [-0.4, -0.2) is 35.2 Å². The van der Waals surface area contributed by atoms with Gasteiger partial charge in [0, 0.05) is 13.1 Å². The molecular formula is C24H34FN3O3. The molecule has 170 valence electrons. The summed E-state index contributed by atoms with van der Waals surface area (Å²) in [6, 6.07) is 5.41. The maximum absolute atomic E-state index is 13.2. The second-order valence-corrected chi connectivity index (χ2v) is 8.71. The van der Waals surface area contributed by atoms with Gasteiger partial charge in [0.2, 0.25) is 17.7 Å². The molecule has 31 heavy (non-hydrogen) atoms. The van der Waals surface area contributed by atoms with E-state index < -0.39 is 23.8 Å². The van der Waals surface area contributed by atoms with Crippen LogP contribution in [0.25, 0.3) is 0 Å². The second-order valence-electron chi connectivity index (χ2n) is 8.71. The molecule has 3 atom stereocenters. The minimum Gasteiger partial charge on any atom is -0.369 e. The van der Waals surface area contributed by atoms with Crippen LogP contribution < -0.4 is 11.1 Å². The maximum atomic E-state index is 13.2. The Morgan fingerprint density at radius 1 is 1.26 bits per heavy atom. The van der Waals surface area contributed by atoms with Crippen molar-refractivity contribution in [2.24, 2.45) is 23.5 Å². The molecule has 1 aromatic carbocycles. The summed E-state index contributed by atoms with van der Waals surface area (Å²) in [6.45, 7) is 8.58. The summed E-state index contributed by atoms with van der Waals surface area (Å²) in [6.07, 6.45) is 4.58. The van der Waals surface area contributed by atoms with Gasteiger partial charge in [-0.3, -0.25) is 14.4 Å². The molecule has 1 saturated heterocycles. The summed E-state index contributed by atoms with van der Waals surface area (Å²) in [5, 5.41) is 2.90. The number of nitrogens with two attached hydrogens (primary N) is 1. The summed E-state index contributed by atoms with van der Waals surface area (Å²) in [7, 11) is 0. The Kier molecular flexibility index (Phi) is 9.21. The van der Waals surface area contributed by atoms with Crippen LogP contribution in [0, 0.1) is 23.6 Å². The Labute approximate surface area is 184 Å². The quantitative estimate of drug-likeness (QED) is 0.558. The minimum absolute atomic E-state index is 0.155. The van der Waals surface area contributed by atoms with Crippen molar-refractivity contribution >= 4 is 17.7 Å². The molecule has 1 fully saturated rings. The lowest BCUT2D eigenvalue weighted by atomic mass is 9.82. The highest BCUT2D eigenvalue weighted by Gasteiger charge is 2.35. The first-order valence-corrected chi connectivity index (χ1v) is 11.0. The molecule has 1 heterocycles. The van der Waals surface area contributed by atoms with Crippen LogP contribution in [0.5, 0.6) is 0 Å². The number of nitrogens with one attached hydrogen (secondary N) is 1. The van der Waals surface area contributed by atoms with Gasteiger partial charge in [0.15, 0.2) is 0 Å². The third-order valence-electron chi connectivity index (χ3n) is 5.72. The Morgan fingerprint density at radius 2 is 1.94 bits per heavy atom. The van der Waals surface area contributed by atoms with Crippen LogP contribution in [0.15, 0.2) is 36.9 Å². The third-order valence-corrected chi connectivity index (χ3v) is 5.72. The number of carbonyl (C=O) groups is 3. The van der Waals surface area contributed by atoms with Gasteiger partial charge in [-0.1, -0.05) is 32.1 Å². The topological polar surface area (TPSA) is 92.5 Å². The zero-order valence-corrected chi connectivity index (χ0v) is 18.5. The number of hydrogen-bond donors (Lipinski definition) is 2. The number of carbonyl (C=O) groups excluding carboxylic acids is 3. The molecule has 1 aliphatic rings. The van der Waals surface area contributed by atoms with Gasteiger partial charge in [-0.15, -0.1) is 6.58 Å². The smallest absolute Gasteiger partial charge is 0.245 e. The van der Waals surface area contributed by atoms with Crippen molar-refractivity contribution in [2.75, 3.05) is 6.54 Å². The van der Waals surface area contributed by atoms with Crippen molar-refractivity contribution in [1.29, 1.82) is 0 Å². The molecule has 0 saturated carbocycles. The number of rotatable bonds is 10. The van der Waals surface area contributed by atoms with E-state index in [1.54, 1.807) is 23.1 Å².